The van der Waals surface area contributed by atoms with Gasteiger partial charge in [0, 0.05) is 24.2 Å². The summed E-state index contributed by atoms with van der Waals surface area (Å²) in [6.07, 6.45) is 0. The Hall–Kier alpha value is -2.98. The fourth-order valence-electron chi connectivity index (χ4n) is 2.51. The van der Waals surface area contributed by atoms with Crippen molar-refractivity contribution in [3.8, 4) is 11.5 Å². The summed E-state index contributed by atoms with van der Waals surface area (Å²) in [6, 6.07) is 22.6. The molecule has 0 atom stereocenters. The van der Waals surface area contributed by atoms with Gasteiger partial charge in [-0.2, -0.15) is 0 Å². The Morgan fingerprint density at radius 2 is 1.58 bits per heavy atom. The Morgan fingerprint density at radius 3 is 2.31 bits per heavy atom. The Kier molecular flexibility index (Phi) is 5.77. The number of nitrogens with one attached hydrogen (secondary N) is 2. The van der Waals surface area contributed by atoms with Crippen molar-refractivity contribution in [2.45, 2.75) is 13.5 Å². The van der Waals surface area contributed by atoms with Crippen LogP contribution in [0.1, 0.15) is 12.5 Å². The predicted octanol–water partition coefficient (Wildman–Crippen LogP) is 5.70. The van der Waals surface area contributed by atoms with Gasteiger partial charge in [0.2, 0.25) is 5.91 Å². The zero-order valence-electron chi connectivity index (χ0n) is 14.3. The smallest absolute Gasteiger partial charge is 0.221 e. The van der Waals surface area contributed by atoms with Crippen molar-refractivity contribution in [2.24, 2.45) is 0 Å². The molecular weight excluding hydrogens is 348 g/mol. The van der Waals surface area contributed by atoms with Crippen LogP contribution in [0, 0.1) is 0 Å². The largest absolute Gasteiger partial charge is 0.455 e. The number of amides is 1. The van der Waals surface area contributed by atoms with Crippen LogP contribution >= 0.6 is 11.6 Å². The summed E-state index contributed by atoms with van der Waals surface area (Å²) >= 11 is 5.92. The minimum atomic E-state index is -0.0936. The van der Waals surface area contributed by atoms with E-state index < -0.39 is 0 Å². The second kappa shape index (κ2) is 8.41. The first-order valence-electron chi connectivity index (χ1n) is 8.23. The molecule has 0 aliphatic heterocycles. The number of ether oxygens (including phenoxy) is 1. The molecular formula is C21H19ClN2O2. The molecule has 0 aliphatic rings. The molecule has 2 N–H and O–H groups in total. The van der Waals surface area contributed by atoms with E-state index in [0.717, 1.165) is 16.9 Å². The van der Waals surface area contributed by atoms with E-state index in [4.69, 9.17) is 16.3 Å². The number of hydrogen-bond acceptors (Lipinski definition) is 3. The van der Waals surface area contributed by atoms with Crippen LogP contribution in [0.25, 0.3) is 0 Å². The van der Waals surface area contributed by atoms with Crippen LogP contribution in [0.3, 0.4) is 0 Å². The normalized spacial score (nSPS) is 10.2. The number of hydrogen-bond donors (Lipinski definition) is 2. The zero-order chi connectivity index (χ0) is 18.4. The lowest BCUT2D eigenvalue weighted by molar-refractivity contribution is -0.114. The molecule has 3 aromatic rings. The third-order valence-corrected chi connectivity index (χ3v) is 3.98. The van der Waals surface area contributed by atoms with Gasteiger partial charge in [-0.15, -0.1) is 0 Å². The lowest BCUT2D eigenvalue weighted by Gasteiger charge is -2.15. The van der Waals surface area contributed by atoms with Crippen molar-refractivity contribution in [3.63, 3.8) is 0 Å². The van der Waals surface area contributed by atoms with Gasteiger partial charge in [0.25, 0.3) is 0 Å². The molecule has 1 amide bonds. The monoisotopic (exact) mass is 366 g/mol. The van der Waals surface area contributed by atoms with Gasteiger partial charge >= 0.3 is 0 Å². The van der Waals surface area contributed by atoms with Crippen LogP contribution in [0.4, 0.5) is 11.4 Å². The molecule has 0 radical (unpaired) electrons. The third-order valence-electron chi connectivity index (χ3n) is 3.73. The lowest BCUT2D eigenvalue weighted by Crippen LogP contribution is -2.10. The fraction of sp³-hybridized carbons (Fsp3) is 0.0952. The van der Waals surface area contributed by atoms with Gasteiger partial charge in [0.05, 0.1) is 5.69 Å². The van der Waals surface area contributed by atoms with Crippen molar-refractivity contribution in [2.75, 3.05) is 10.6 Å². The molecule has 26 heavy (non-hydrogen) atoms. The van der Waals surface area contributed by atoms with E-state index in [9.17, 15) is 4.79 Å². The standard InChI is InChI=1S/C21H19ClN2O2/c1-15(25)24-19-7-3-2-6-16(19)14-23-20-8-4-5-9-21(20)26-18-12-10-17(22)11-13-18/h2-13,23H,14H2,1H3,(H,24,25). The predicted molar refractivity (Wildman–Crippen MR) is 106 cm³/mol. The molecule has 0 unspecified atom stereocenters. The third kappa shape index (κ3) is 4.77. The maximum atomic E-state index is 11.4. The van der Waals surface area contributed by atoms with Crippen molar-refractivity contribution in [1.29, 1.82) is 0 Å². The maximum Gasteiger partial charge on any atom is 0.221 e. The fourth-order valence-corrected chi connectivity index (χ4v) is 2.63. The van der Waals surface area contributed by atoms with E-state index >= 15 is 0 Å². The molecule has 0 saturated heterocycles. The molecule has 0 bridgehead atoms. The Labute approximate surface area is 157 Å². The summed E-state index contributed by atoms with van der Waals surface area (Å²) < 4.78 is 5.96. The van der Waals surface area contributed by atoms with E-state index in [1.807, 2.05) is 60.7 Å². The number of carbonyl (C=O) groups excluding carboxylic acids is 1. The maximum absolute atomic E-state index is 11.4. The SMILES string of the molecule is CC(=O)Nc1ccccc1CNc1ccccc1Oc1ccc(Cl)cc1. The van der Waals surface area contributed by atoms with Crippen molar-refractivity contribution in [1.82, 2.24) is 0 Å². The molecule has 0 spiro atoms. The highest BCUT2D eigenvalue weighted by atomic mass is 35.5. The minimum absolute atomic E-state index is 0.0936. The van der Waals surface area contributed by atoms with Gasteiger partial charge in [-0.3, -0.25) is 4.79 Å². The van der Waals surface area contributed by atoms with Crippen LogP contribution in [0.15, 0.2) is 72.8 Å². The first-order chi connectivity index (χ1) is 12.6. The van der Waals surface area contributed by atoms with Crippen molar-refractivity contribution >= 4 is 28.9 Å². The van der Waals surface area contributed by atoms with Gasteiger partial charge in [-0.1, -0.05) is 41.9 Å². The zero-order valence-corrected chi connectivity index (χ0v) is 15.1. The van der Waals surface area contributed by atoms with Crippen LogP contribution in [-0.2, 0) is 11.3 Å². The molecule has 4 nitrogen and oxygen atoms in total. The average molecular weight is 367 g/mol. The lowest BCUT2D eigenvalue weighted by atomic mass is 10.1. The molecule has 5 heteroatoms. The summed E-state index contributed by atoms with van der Waals surface area (Å²) in [5.41, 5.74) is 2.65. The van der Waals surface area contributed by atoms with Crippen LogP contribution in [-0.4, -0.2) is 5.91 Å². The number of halogens is 1. The number of rotatable bonds is 6. The first-order valence-corrected chi connectivity index (χ1v) is 8.61. The van der Waals surface area contributed by atoms with Gasteiger partial charge in [0.1, 0.15) is 5.75 Å². The number of benzene rings is 3. The second-order valence-electron chi connectivity index (χ2n) is 5.74. The van der Waals surface area contributed by atoms with Crippen LogP contribution in [0.2, 0.25) is 5.02 Å². The Bertz CT molecular complexity index is 895. The number of anilines is 2. The molecule has 132 valence electrons. The van der Waals surface area contributed by atoms with Crippen molar-refractivity contribution < 1.29 is 9.53 Å². The molecule has 0 aliphatic carbocycles. The summed E-state index contributed by atoms with van der Waals surface area (Å²) in [4.78, 5) is 11.4. The molecule has 3 rings (SSSR count). The summed E-state index contributed by atoms with van der Waals surface area (Å²) in [7, 11) is 0. The Morgan fingerprint density at radius 1 is 0.923 bits per heavy atom. The van der Waals surface area contributed by atoms with Crippen LogP contribution < -0.4 is 15.4 Å². The quantitative estimate of drug-likeness (QED) is 0.588. The highest BCUT2D eigenvalue weighted by Gasteiger charge is 2.07. The topological polar surface area (TPSA) is 50.4 Å². The first kappa shape index (κ1) is 17.8. The van der Waals surface area contributed by atoms with E-state index in [1.165, 1.54) is 6.92 Å². The number of para-hydroxylation sites is 3. The highest BCUT2D eigenvalue weighted by molar-refractivity contribution is 6.30. The summed E-state index contributed by atoms with van der Waals surface area (Å²) in [6.45, 7) is 2.05. The van der Waals surface area contributed by atoms with Crippen molar-refractivity contribution in [3.05, 3.63) is 83.4 Å². The van der Waals surface area contributed by atoms with E-state index in [1.54, 1.807) is 12.1 Å². The Balaban J connectivity index is 1.75. The van der Waals surface area contributed by atoms with E-state index in [0.29, 0.717) is 23.1 Å². The number of carbonyl (C=O) groups is 1. The minimum Gasteiger partial charge on any atom is -0.455 e. The van der Waals surface area contributed by atoms with Gasteiger partial charge in [-0.25, -0.2) is 0 Å². The average Bonchev–Trinajstić information content (AvgIpc) is 2.63. The molecule has 0 aromatic heterocycles. The summed E-state index contributed by atoms with van der Waals surface area (Å²) in [5.74, 6) is 1.33. The molecule has 0 heterocycles. The van der Waals surface area contributed by atoms with Gasteiger partial charge in [-0.05, 0) is 48.0 Å². The highest BCUT2D eigenvalue weighted by Crippen LogP contribution is 2.30. The van der Waals surface area contributed by atoms with Gasteiger partial charge in [0.15, 0.2) is 5.75 Å². The molecule has 3 aromatic carbocycles. The van der Waals surface area contributed by atoms with Gasteiger partial charge < -0.3 is 15.4 Å². The van der Waals surface area contributed by atoms with Crippen LogP contribution in [0.5, 0.6) is 11.5 Å². The molecule has 0 saturated carbocycles. The molecule has 0 fully saturated rings. The van der Waals surface area contributed by atoms with E-state index in [-0.39, 0.29) is 5.91 Å². The summed E-state index contributed by atoms with van der Waals surface area (Å²) in [5, 5.41) is 6.88. The van der Waals surface area contributed by atoms with E-state index in [2.05, 4.69) is 10.6 Å². The second-order valence-corrected chi connectivity index (χ2v) is 6.18.